The summed E-state index contributed by atoms with van der Waals surface area (Å²) in [6.45, 7) is 4.25. The van der Waals surface area contributed by atoms with Crippen molar-refractivity contribution in [3.05, 3.63) is 42.7 Å². The predicted molar refractivity (Wildman–Crippen MR) is 60.5 cm³/mol. The number of aromatic nitrogens is 3. The number of nitrogens with zero attached hydrogens (tertiary/aromatic N) is 2. The number of H-pyrrole nitrogens is 1. The van der Waals surface area contributed by atoms with Gasteiger partial charge in [-0.15, -0.1) is 0 Å². The number of phenolic OH excluding ortho intramolecular Hbond substituents is 1. The van der Waals surface area contributed by atoms with Gasteiger partial charge in [-0.25, -0.2) is 0 Å². The van der Waals surface area contributed by atoms with Crippen LogP contribution in [-0.4, -0.2) is 20.5 Å². The SMILES string of the molecule is CCC.Oc1ccccc1.c1cn[nH]n1. The Labute approximate surface area is 90.0 Å². The molecule has 2 rings (SSSR count). The van der Waals surface area contributed by atoms with Gasteiger partial charge >= 0.3 is 0 Å². The Kier molecular flexibility index (Phi) is 8.99. The van der Waals surface area contributed by atoms with Crippen LogP contribution in [0.25, 0.3) is 0 Å². The second-order valence-electron chi connectivity index (χ2n) is 2.70. The first-order chi connectivity index (χ1) is 7.31. The number of nitrogens with one attached hydrogen (secondary N) is 1. The van der Waals surface area contributed by atoms with Gasteiger partial charge in [0.05, 0.1) is 12.4 Å². The molecule has 0 fully saturated rings. The van der Waals surface area contributed by atoms with Crippen molar-refractivity contribution in [1.29, 1.82) is 0 Å². The Morgan fingerprint density at radius 3 is 1.73 bits per heavy atom. The highest BCUT2D eigenvalue weighted by Gasteiger charge is 1.74. The standard InChI is InChI=1S/C6H6O.C3H8.C2H3N3/c7-6-4-2-1-3-5-6;1-3-2;1-2-4-5-3-1/h1-5,7H;3H2,1-2H3;1-2H,(H,3,4,5). The van der Waals surface area contributed by atoms with E-state index in [2.05, 4.69) is 29.3 Å². The van der Waals surface area contributed by atoms with Crippen molar-refractivity contribution >= 4 is 0 Å². The van der Waals surface area contributed by atoms with E-state index >= 15 is 0 Å². The smallest absolute Gasteiger partial charge is 0.115 e. The van der Waals surface area contributed by atoms with Crippen LogP contribution in [0, 0.1) is 0 Å². The van der Waals surface area contributed by atoms with Crippen LogP contribution >= 0.6 is 0 Å². The van der Waals surface area contributed by atoms with Crippen LogP contribution in [0.1, 0.15) is 20.3 Å². The lowest BCUT2D eigenvalue weighted by atomic mass is 10.3. The minimum Gasteiger partial charge on any atom is -0.508 e. The lowest BCUT2D eigenvalue weighted by Gasteiger charge is -1.82. The molecule has 0 aliphatic heterocycles. The molecule has 1 heterocycles. The molecule has 0 spiro atoms. The maximum atomic E-state index is 8.63. The van der Waals surface area contributed by atoms with Crippen molar-refractivity contribution in [2.75, 3.05) is 0 Å². The zero-order valence-corrected chi connectivity index (χ0v) is 9.09. The second kappa shape index (κ2) is 10.2. The molecule has 0 aliphatic carbocycles. The molecule has 4 heteroatoms. The van der Waals surface area contributed by atoms with Crippen LogP contribution in [0.15, 0.2) is 42.7 Å². The quantitative estimate of drug-likeness (QED) is 0.698. The van der Waals surface area contributed by atoms with E-state index in [4.69, 9.17) is 5.11 Å². The third-order valence-electron chi connectivity index (χ3n) is 1.09. The summed E-state index contributed by atoms with van der Waals surface area (Å²) >= 11 is 0. The van der Waals surface area contributed by atoms with Crippen LogP contribution < -0.4 is 0 Å². The Bertz CT molecular complexity index is 278. The van der Waals surface area contributed by atoms with Gasteiger partial charge in [-0.2, -0.15) is 15.4 Å². The molecular weight excluding hydrogens is 190 g/mol. The highest BCUT2D eigenvalue weighted by atomic mass is 16.3. The lowest BCUT2D eigenvalue weighted by molar-refractivity contribution is 0.475. The van der Waals surface area contributed by atoms with E-state index in [-0.39, 0.29) is 0 Å². The minimum absolute atomic E-state index is 0.322. The largest absolute Gasteiger partial charge is 0.508 e. The molecule has 0 unspecified atom stereocenters. The summed E-state index contributed by atoms with van der Waals surface area (Å²) in [5, 5.41) is 18.0. The summed E-state index contributed by atoms with van der Waals surface area (Å²) in [5.74, 6) is 0.322. The molecule has 4 nitrogen and oxygen atoms in total. The van der Waals surface area contributed by atoms with Gasteiger partial charge in [-0.05, 0) is 12.1 Å². The van der Waals surface area contributed by atoms with E-state index in [1.165, 1.54) is 6.42 Å². The van der Waals surface area contributed by atoms with E-state index in [0.717, 1.165) is 0 Å². The molecule has 0 aliphatic rings. The van der Waals surface area contributed by atoms with Crippen LogP contribution in [0.3, 0.4) is 0 Å². The molecular formula is C11H17N3O. The minimum atomic E-state index is 0.322. The number of aromatic amines is 1. The van der Waals surface area contributed by atoms with E-state index in [0.29, 0.717) is 5.75 Å². The van der Waals surface area contributed by atoms with E-state index in [9.17, 15) is 0 Å². The number of hydrogen-bond acceptors (Lipinski definition) is 3. The van der Waals surface area contributed by atoms with Crippen molar-refractivity contribution in [3.63, 3.8) is 0 Å². The third-order valence-corrected chi connectivity index (χ3v) is 1.09. The summed E-state index contributed by atoms with van der Waals surface area (Å²) in [5.41, 5.74) is 0. The summed E-state index contributed by atoms with van der Waals surface area (Å²) in [7, 11) is 0. The van der Waals surface area contributed by atoms with Crippen LogP contribution in [0.2, 0.25) is 0 Å². The molecule has 0 amide bonds. The van der Waals surface area contributed by atoms with Crippen molar-refractivity contribution < 1.29 is 5.11 Å². The molecule has 0 atom stereocenters. The molecule has 0 bridgehead atoms. The molecule has 1 aromatic carbocycles. The highest BCUT2D eigenvalue weighted by molar-refractivity contribution is 5.18. The Morgan fingerprint density at radius 2 is 1.53 bits per heavy atom. The number of hydrogen-bond donors (Lipinski definition) is 2. The Hall–Kier alpha value is -1.84. The molecule has 15 heavy (non-hydrogen) atoms. The number of aromatic hydroxyl groups is 1. The Balaban J connectivity index is 0.000000216. The second-order valence-corrected chi connectivity index (χ2v) is 2.70. The van der Waals surface area contributed by atoms with Crippen molar-refractivity contribution in [2.24, 2.45) is 0 Å². The predicted octanol–water partition coefficient (Wildman–Crippen LogP) is 2.61. The zero-order chi connectivity index (χ0) is 11.4. The maximum Gasteiger partial charge on any atom is 0.115 e. The van der Waals surface area contributed by atoms with Gasteiger partial charge in [0.1, 0.15) is 5.75 Å². The van der Waals surface area contributed by atoms with Crippen molar-refractivity contribution in [1.82, 2.24) is 15.4 Å². The number of rotatable bonds is 0. The highest BCUT2D eigenvalue weighted by Crippen LogP contribution is 2.02. The first kappa shape index (κ1) is 13.2. The number of phenols is 1. The fourth-order valence-corrected chi connectivity index (χ4v) is 0.595. The van der Waals surface area contributed by atoms with Gasteiger partial charge in [-0.1, -0.05) is 38.5 Å². The summed E-state index contributed by atoms with van der Waals surface area (Å²) < 4.78 is 0. The first-order valence-corrected chi connectivity index (χ1v) is 4.85. The molecule has 2 aromatic rings. The van der Waals surface area contributed by atoms with Crippen molar-refractivity contribution in [3.8, 4) is 5.75 Å². The summed E-state index contributed by atoms with van der Waals surface area (Å²) in [6, 6.07) is 8.71. The summed E-state index contributed by atoms with van der Waals surface area (Å²) in [4.78, 5) is 0. The van der Waals surface area contributed by atoms with Gasteiger partial charge in [0.25, 0.3) is 0 Å². The molecule has 1 aromatic heterocycles. The first-order valence-electron chi connectivity index (χ1n) is 4.85. The topological polar surface area (TPSA) is 61.8 Å². The molecule has 0 radical (unpaired) electrons. The average molecular weight is 207 g/mol. The number of benzene rings is 1. The zero-order valence-electron chi connectivity index (χ0n) is 9.09. The lowest BCUT2D eigenvalue weighted by Crippen LogP contribution is -1.61. The van der Waals surface area contributed by atoms with Crippen LogP contribution in [0.5, 0.6) is 5.75 Å². The van der Waals surface area contributed by atoms with Crippen LogP contribution in [0.4, 0.5) is 0 Å². The Morgan fingerprint density at radius 1 is 1.07 bits per heavy atom. The van der Waals surface area contributed by atoms with E-state index in [1.54, 1.807) is 36.7 Å². The molecule has 0 saturated carbocycles. The van der Waals surface area contributed by atoms with Crippen LogP contribution in [-0.2, 0) is 0 Å². The fourth-order valence-electron chi connectivity index (χ4n) is 0.595. The number of para-hydroxylation sites is 1. The molecule has 2 N–H and O–H groups in total. The third kappa shape index (κ3) is 10.1. The van der Waals surface area contributed by atoms with E-state index in [1.807, 2.05) is 6.07 Å². The fraction of sp³-hybridized carbons (Fsp3) is 0.273. The van der Waals surface area contributed by atoms with Gasteiger partial charge in [0.15, 0.2) is 0 Å². The van der Waals surface area contributed by atoms with Crippen molar-refractivity contribution in [2.45, 2.75) is 20.3 Å². The van der Waals surface area contributed by atoms with Gasteiger partial charge in [0, 0.05) is 0 Å². The monoisotopic (exact) mass is 207 g/mol. The molecule has 82 valence electrons. The van der Waals surface area contributed by atoms with E-state index < -0.39 is 0 Å². The molecule has 0 saturated heterocycles. The van der Waals surface area contributed by atoms with Gasteiger partial charge in [-0.3, -0.25) is 0 Å². The average Bonchev–Trinajstić information content (AvgIpc) is 2.78. The maximum absolute atomic E-state index is 8.63. The van der Waals surface area contributed by atoms with Gasteiger partial charge in [0.2, 0.25) is 0 Å². The van der Waals surface area contributed by atoms with Gasteiger partial charge < -0.3 is 5.11 Å². The normalized spacial score (nSPS) is 7.87. The summed E-state index contributed by atoms with van der Waals surface area (Å²) in [6.07, 6.45) is 4.42.